The normalized spacial score (nSPS) is 38.0. The molecule has 3 saturated carbocycles. The van der Waals surface area contributed by atoms with E-state index in [1.54, 1.807) is 6.42 Å². The maximum Gasteiger partial charge on any atom is -0.0383 e. The fraction of sp³-hybridized carbons (Fsp3) is 1.00. The first kappa shape index (κ1) is 15.0. The van der Waals surface area contributed by atoms with Gasteiger partial charge in [-0.05, 0) is 42.9 Å². The minimum Gasteiger partial charge on any atom is -0.0683 e. The van der Waals surface area contributed by atoms with Crippen molar-refractivity contribution in [2.75, 3.05) is 0 Å². The van der Waals surface area contributed by atoms with E-state index in [4.69, 9.17) is 0 Å². The van der Waals surface area contributed by atoms with E-state index in [0.717, 1.165) is 23.7 Å². The van der Waals surface area contributed by atoms with Crippen LogP contribution in [0, 0.1) is 23.7 Å². The SMILES string of the molecule is CC.CC.CC1CCC2CC(CC1)C2C. The second-order valence-electron chi connectivity index (χ2n) is 4.87. The quantitative estimate of drug-likeness (QED) is 0.496. The Morgan fingerprint density at radius 3 is 1.40 bits per heavy atom. The van der Waals surface area contributed by atoms with Crippen molar-refractivity contribution in [3.63, 3.8) is 0 Å². The van der Waals surface area contributed by atoms with E-state index in [9.17, 15) is 0 Å². The first-order chi connectivity index (χ1) is 7.27. The van der Waals surface area contributed by atoms with Crippen molar-refractivity contribution in [2.24, 2.45) is 23.7 Å². The van der Waals surface area contributed by atoms with Crippen LogP contribution >= 0.6 is 0 Å². The Morgan fingerprint density at radius 1 is 0.667 bits per heavy atom. The zero-order valence-electron chi connectivity index (χ0n) is 11.8. The highest BCUT2D eigenvalue weighted by Gasteiger charge is 2.38. The van der Waals surface area contributed by atoms with Crippen LogP contribution < -0.4 is 0 Å². The molecule has 0 N–H and O–H groups in total. The van der Waals surface area contributed by atoms with Crippen LogP contribution in [0.1, 0.15) is 73.6 Å². The Kier molecular flexibility index (Phi) is 8.19. The van der Waals surface area contributed by atoms with Crippen LogP contribution in [0.25, 0.3) is 0 Å². The smallest absolute Gasteiger partial charge is 0.0383 e. The Balaban J connectivity index is 0.000000442. The summed E-state index contributed by atoms with van der Waals surface area (Å²) in [5.74, 6) is 4.32. The van der Waals surface area contributed by atoms with Crippen molar-refractivity contribution < 1.29 is 0 Å². The lowest BCUT2D eigenvalue weighted by Crippen LogP contribution is -2.36. The van der Waals surface area contributed by atoms with E-state index in [-0.39, 0.29) is 0 Å². The van der Waals surface area contributed by atoms with Gasteiger partial charge in [0.1, 0.15) is 0 Å². The van der Waals surface area contributed by atoms with Crippen molar-refractivity contribution in [1.82, 2.24) is 0 Å². The molecule has 2 unspecified atom stereocenters. The highest BCUT2D eigenvalue weighted by atomic mass is 14.4. The van der Waals surface area contributed by atoms with Crippen molar-refractivity contribution in [2.45, 2.75) is 73.6 Å². The third kappa shape index (κ3) is 4.17. The molecule has 2 atom stereocenters. The summed E-state index contributed by atoms with van der Waals surface area (Å²) in [6, 6.07) is 0. The molecule has 0 aromatic rings. The van der Waals surface area contributed by atoms with Crippen molar-refractivity contribution in [3.8, 4) is 0 Å². The topological polar surface area (TPSA) is 0 Å². The molecular weight excluding hydrogens is 180 g/mol. The molecule has 0 saturated heterocycles. The third-order valence-electron chi connectivity index (χ3n) is 4.15. The van der Waals surface area contributed by atoms with Crippen LogP contribution in [-0.4, -0.2) is 0 Å². The minimum absolute atomic E-state index is 1.02. The molecule has 2 bridgehead atoms. The Morgan fingerprint density at radius 2 is 1.07 bits per heavy atom. The van der Waals surface area contributed by atoms with Crippen molar-refractivity contribution >= 4 is 0 Å². The van der Waals surface area contributed by atoms with E-state index < -0.39 is 0 Å². The summed E-state index contributed by atoms with van der Waals surface area (Å²) >= 11 is 0. The van der Waals surface area contributed by atoms with Gasteiger partial charge in [-0.2, -0.15) is 0 Å². The van der Waals surface area contributed by atoms with Gasteiger partial charge in [-0.25, -0.2) is 0 Å². The van der Waals surface area contributed by atoms with Crippen LogP contribution in [-0.2, 0) is 0 Å². The van der Waals surface area contributed by atoms with E-state index in [0.29, 0.717) is 0 Å². The lowest BCUT2D eigenvalue weighted by atomic mass is 9.60. The van der Waals surface area contributed by atoms with Gasteiger partial charge < -0.3 is 0 Å². The van der Waals surface area contributed by atoms with Gasteiger partial charge in [-0.3, -0.25) is 0 Å². The Bertz CT molecular complexity index is 125. The largest absolute Gasteiger partial charge is 0.0683 e. The van der Waals surface area contributed by atoms with Crippen LogP contribution in [0.15, 0.2) is 0 Å². The average molecular weight is 212 g/mol. The standard InChI is InChI=1S/C11H20.2C2H6/c1-8-3-5-10-7-11(6-4-8)9(10)2;2*1-2/h8-11H,3-7H2,1-2H3;2*1-2H3. The van der Waals surface area contributed by atoms with E-state index >= 15 is 0 Å². The molecule has 3 aliphatic rings. The van der Waals surface area contributed by atoms with Gasteiger partial charge in [0, 0.05) is 0 Å². The molecule has 92 valence electrons. The summed E-state index contributed by atoms with van der Waals surface area (Å²) < 4.78 is 0. The monoisotopic (exact) mass is 212 g/mol. The summed E-state index contributed by atoms with van der Waals surface area (Å²) in [4.78, 5) is 0. The predicted molar refractivity (Wildman–Crippen MR) is 71.1 cm³/mol. The van der Waals surface area contributed by atoms with E-state index in [1.165, 1.54) is 25.7 Å². The summed E-state index contributed by atoms with van der Waals surface area (Å²) in [6.45, 7) is 12.9. The van der Waals surface area contributed by atoms with Gasteiger partial charge >= 0.3 is 0 Å². The van der Waals surface area contributed by atoms with Crippen LogP contribution in [0.3, 0.4) is 0 Å². The van der Waals surface area contributed by atoms with Crippen molar-refractivity contribution in [3.05, 3.63) is 0 Å². The highest BCUT2D eigenvalue weighted by Crippen LogP contribution is 2.48. The minimum atomic E-state index is 1.02. The summed E-state index contributed by atoms with van der Waals surface area (Å²) in [5, 5.41) is 0. The van der Waals surface area contributed by atoms with Gasteiger partial charge in [-0.1, -0.05) is 54.4 Å². The molecule has 3 rings (SSSR count). The number of rotatable bonds is 0. The Hall–Kier alpha value is 0. The van der Waals surface area contributed by atoms with E-state index in [1.807, 2.05) is 27.7 Å². The summed E-state index contributed by atoms with van der Waals surface area (Å²) in [5.41, 5.74) is 0. The zero-order valence-corrected chi connectivity index (χ0v) is 11.8. The molecule has 0 aromatic carbocycles. The molecule has 0 radical (unpaired) electrons. The summed E-state index contributed by atoms with van der Waals surface area (Å²) in [6.07, 6.45) is 7.62. The number of hydrogen-bond acceptors (Lipinski definition) is 0. The third-order valence-corrected chi connectivity index (χ3v) is 4.15. The first-order valence-corrected chi connectivity index (χ1v) is 7.27. The fourth-order valence-corrected chi connectivity index (χ4v) is 2.91. The molecule has 15 heavy (non-hydrogen) atoms. The van der Waals surface area contributed by atoms with Crippen LogP contribution in [0.4, 0.5) is 0 Å². The zero-order chi connectivity index (χ0) is 11.8. The van der Waals surface area contributed by atoms with Crippen LogP contribution in [0.2, 0.25) is 0 Å². The maximum atomic E-state index is 2.47. The van der Waals surface area contributed by atoms with Crippen LogP contribution in [0.5, 0.6) is 0 Å². The second kappa shape index (κ2) is 8.19. The fourth-order valence-electron chi connectivity index (χ4n) is 2.91. The number of fused-ring (bicyclic) bond motifs is 4. The van der Waals surface area contributed by atoms with Gasteiger partial charge in [0.05, 0.1) is 0 Å². The highest BCUT2D eigenvalue weighted by molar-refractivity contribution is 4.88. The molecule has 3 aliphatic carbocycles. The number of hydrogen-bond donors (Lipinski definition) is 0. The maximum absolute atomic E-state index is 2.47. The predicted octanol–water partition coefficient (Wildman–Crippen LogP) is 5.52. The molecule has 3 fully saturated rings. The van der Waals surface area contributed by atoms with E-state index in [2.05, 4.69) is 13.8 Å². The molecule has 0 aromatic heterocycles. The molecule has 0 amide bonds. The molecule has 0 heterocycles. The first-order valence-electron chi connectivity index (χ1n) is 7.27. The molecule has 0 heteroatoms. The summed E-state index contributed by atoms with van der Waals surface area (Å²) in [7, 11) is 0. The lowest BCUT2D eigenvalue weighted by Gasteiger charge is -2.46. The van der Waals surface area contributed by atoms with Crippen molar-refractivity contribution in [1.29, 1.82) is 0 Å². The molecule has 0 spiro atoms. The molecule has 0 nitrogen and oxygen atoms in total. The van der Waals surface area contributed by atoms with Gasteiger partial charge in [0.25, 0.3) is 0 Å². The van der Waals surface area contributed by atoms with Gasteiger partial charge in [-0.15, -0.1) is 0 Å². The molecule has 0 aliphatic heterocycles. The Labute approximate surface area is 97.8 Å². The lowest BCUT2D eigenvalue weighted by molar-refractivity contribution is 0.0460. The van der Waals surface area contributed by atoms with Gasteiger partial charge in [0.2, 0.25) is 0 Å². The second-order valence-corrected chi connectivity index (χ2v) is 4.87. The molecular formula is C15H32. The average Bonchev–Trinajstić information content (AvgIpc) is 2.28. The van der Waals surface area contributed by atoms with Gasteiger partial charge in [0.15, 0.2) is 0 Å².